The van der Waals surface area contributed by atoms with Crippen molar-refractivity contribution in [2.45, 2.75) is 40.0 Å². The van der Waals surface area contributed by atoms with Gasteiger partial charge in [-0.15, -0.1) is 0 Å². The lowest BCUT2D eigenvalue weighted by Gasteiger charge is -2.20. The Balaban J connectivity index is 3.67. The zero-order chi connectivity index (χ0) is 10.8. The molecule has 0 aromatic carbocycles. The average molecular weight is 200 g/mol. The van der Waals surface area contributed by atoms with Gasteiger partial charge in [-0.05, 0) is 19.9 Å². The molecule has 0 saturated heterocycles. The summed E-state index contributed by atoms with van der Waals surface area (Å²) >= 11 is 0. The molecule has 1 amide bonds. The fraction of sp³-hybridized carbons (Fsp3) is 0.909. The van der Waals surface area contributed by atoms with Crippen molar-refractivity contribution in [3.05, 3.63) is 0 Å². The van der Waals surface area contributed by atoms with Crippen LogP contribution in [0, 0.1) is 0 Å². The van der Waals surface area contributed by atoms with Gasteiger partial charge in [0, 0.05) is 26.1 Å². The van der Waals surface area contributed by atoms with Crippen molar-refractivity contribution in [1.29, 1.82) is 0 Å². The first-order chi connectivity index (χ1) is 6.76. The lowest BCUT2D eigenvalue weighted by Crippen LogP contribution is -2.33. The summed E-state index contributed by atoms with van der Waals surface area (Å²) in [5, 5.41) is 3.17. The lowest BCUT2D eigenvalue weighted by molar-refractivity contribution is -0.130. The van der Waals surface area contributed by atoms with Gasteiger partial charge in [0.15, 0.2) is 0 Å². The highest BCUT2D eigenvalue weighted by Crippen LogP contribution is 1.97. The zero-order valence-electron chi connectivity index (χ0n) is 9.81. The number of nitrogens with zero attached hydrogens (tertiary/aromatic N) is 1. The number of amides is 1. The van der Waals surface area contributed by atoms with Crippen LogP contribution in [0.4, 0.5) is 0 Å². The van der Waals surface area contributed by atoms with Gasteiger partial charge in [0.1, 0.15) is 0 Å². The largest absolute Gasteiger partial charge is 0.343 e. The van der Waals surface area contributed by atoms with E-state index in [2.05, 4.69) is 19.2 Å². The molecule has 0 bridgehead atoms. The van der Waals surface area contributed by atoms with Crippen molar-refractivity contribution in [2.75, 3.05) is 26.2 Å². The Morgan fingerprint density at radius 2 is 2.00 bits per heavy atom. The predicted octanol–water partition coefficient (Wildman–Crippen LogP) is 1.63. The Hall–Kier alpha value is -0.570. The van der Waals surface area contributed by atoms with Gasteiger partial charge >= 0.3 is 0 Å². The first kappa shape index (κ1) is 13.4. The molecule has 0 aromatic rings. The summed E-state index contributed by atoms with van der Waals surface area (Å²) in [4.78, 5) is 13.6. The van der Waals surface area contributed by atoms with Crippen LogP contribution in [0.3, 0.4) is 0 Å². The van der Waals surface area contributed by atoms with Crippen molar-refractivity contribution in [2.24, 2.45) is 0 Å². The third-order valence-electron chi connectivity index (χ3n) is 2.28. The van der Waals surface area contributed by atoms with Gasteiger partial charge in [0.2, 0.25) is 5.91 Å². The van der Waals surface area contributed by atoms with Crippen LogP contribution in [-0.2, 0) is 4.79 Å². The van der Waals surface area contributed by atoms with E-state index in [0.29, 0.717) is 6.42 Å². The first-order valence-corrected chi connectivity index (χ1v) is 5.74. The van der Waals surface area contributed by atoms with Crippen LogP contribution in [0.25, 0.3) is 0 Å². The minimum absolute atomic E-state index is 0.280. The second kappa shape index (κ2) is 9.00. The molecule has 0 atom stereocenters. The van der Waals surface area contributed by atoms with E-state index in [0.717, 1.165) is 39.0 Å². The SMILES string of the molecule is CCCCN(CC)C(=O)CCNCC. The van der Waals surface area contributed by atoms with Crippen LogP contribution in [0.5, 0.6) is 0 Å². The van der Waals surface area contributed by atoms with E-state index in [9.17, 15) is 4.79 Å². The Bertz CT molecular complexity index is 148. The van der Waals surface area contributed by atoms with E-state index in [1.165, 1.54) is 0 Å². The third-order valence-corrected chi connectivity index (χ3v) is 2.28. The molecule has 3 nitrogen and oxygen atoms in total. The molecule has 0 aromatic heterocycles. The smallest absolute Gasteiger partial charge is 0.223 e. The molecule has 0 fully saturated rings. The molecule has 0 radical (unpaired) electrons. The molecule has 0 aliphatic carbocycles. The van der Waals surface area contributed by atoms with E-state index >= 15 is 0 Å². The summed E-state index contributed by atoms with van der Waals surface area (Å²) < 4.78 is 0. The van der Waals surface area contributed by atoms with Crippen molar-refractivity contribution in [3.8, 4) is 0 Å². The fourth-order valence-corrected chi connectivity index (χ4v) is 1.34. The lowest BCUT2D eigenvalue weighted by atomic mass is 10.3. The van der Waals surface area contributed by atoms with Crippen LogP contribution in [0.2, 0.25) is 0 Å². The van der Waals surface area contributed by atoms with Gasteiger partial charge in [-0.1, -0.05) is 20.3 Å². The molecule has 1 N–H and O–H groups in total. The van der Waals surface area contributed by atoms with Crippen molar-refractivity contribution in [1.82, 2.24) is 10.2 Å². The quantitative estimate of drug-likeness (QED) is 0.604. The summed E-state index contributed by atoms with van der Waals surface area (Å²) in [5.41, 5.74) is 0. The van der Waals surface area contributed by atoms with Crippen LogP contribution >= 0.6 is 0 Å². The standard InChI is InChI=1S/C11H24N2O/c1-4-7-10-13(6-3)11(14)8-9-12-5-2/h12H,4-10H2,1-3H3. The average Bonchev–Trinajstić information content (AvgIpc) is 2.19. The molecule has 0 spiro atoms. The fourth-order valence-electron chi connectivity index (χ4n) is 1.34. The molecule has 0 aliphatic heterocycles. The van der Waals surface area contributed by atoms with E-state index < -0.39 is 0 Å². The molecule has 0 rings (SSSR count). The summed E-state index contributed by atoms with van der Waals surface area (Å²) in [6, 6.07) is 0. The van der Waals surface area contributed by atoms with E-state index in [4.69, 9.17) is 0 Å². The molecule has 0 unspecified atom stereocenters. The second-order valence-corrected chi connectivity index (χ2v) is 3.43. The van der Waals surface area contributed by atoms with Crippen molar-refractivity contribution < 1.29 is 4.79 Å². The van der Waals surface area contributed by atoms with E-state index in [1.54, 1.807) is 0 Å². The molecule has 0 aliphatic rings. The van der Waals surface area contributed by atoms with Gasteiger partial charge in [0.05, 0.1) is 0 Å². The molecular formula is C11H24N2O. The molecule has 84 valence electrons. The van der Waals surface area contributed by atoms with E-state index in [1.807, 2.05) is 11.8 Å². The number of hydrogen-bond acceptors (Lipinski definition) is 2. The summed E-state index contributed by atoms with van der Waals surface area (Å²) in [6.45, 7) is 9.74. The Morgan fingerprint density at radius 3 is 2.50 bits per heavy atom. The topological polar surface area (TPSA) is 32.3 Å². The van der Waals surface area contributed by atoms with Gasteiger partial charge in [0.25, 0.3) is 0 Å². The molecule has 3 heteroatoms. The maximum Gasteiger partial charge on any atom is 0.223 e. The number of rotatable bonds is 8. The molecule has 14 heavy (non-hydrogen) atoms. The second-order valence-electron chi connectivity index (χ2n) is 3.43. The zero-order valence-corrected chi connectivity index (χ0v) is 9.81. The van der Waals surface area contributed by atoms with Crippen molar-refractivity contribution >= 4 is 5.91 Å². The third kappa shape index (κ3) is 5.97. The number of carbonyl (C=O) groups is 1. The normalized spacial score (nSPS) is 10.2. The molecule has 0 saturated carbocycles. The minimum Gasteiger partial charge on any atom is -0.343 e. The van der Waals surface area contributed by atoms with Gasteiger partial charge in [-0.2, -0.15) is 0 Å². The van der Waals surface area contributed by atoms with Crippen molar-refractivity contribution in [3.63, 3.8) is 0 Å². The summed E-state index contributed by atoms with van der Waals surface area (Å²) in [6.07, 6.45) is 2.89. The summed E-state index contributed by atoms with van der Waals surface area (Å²) in [7, 11) is 0. The highest BCUT2D eigenvalue weighted by molar-refractivity contribution is 5.76. The highest BCUT2D eigenvalue weighted by atomic mass is 16.2. The van der Waals surface area contributed by atoms with Crippen LogP contribution < -0.4 is 5.32 Å². The monoisotopic (exact) mass is 200 g/mol. The number of hydrogen-bond donors (Lipinski definition) is 1. The predicted molar refractivity (Wildman–Crippen MR) is 60.3 cm³/mol. The number of carbonyl (C=O) groups excluding carboxylic acids is 1. The highest BCUT2D eigenvalue weighted by Gasteiger charge is 2.09. The Kier molecular flexibility index (Phi) is 8.64. The molecule has 0 heterocycles. The van der Waals surface area contributed by atoms with Crippen LogP contribution in [-0.4, -0.2) is 37.0 Å². The maximum atomic E-state index is 11.6. The Labute approximate surface area is 87.9 Å². The van der Waals surface area contributed by atoms with Gasteiger partial charge in [-0.25, -0.2) is 0 Å². The minimum atomic E-state index is 0.280. The van der Waals surface area contributed by atoms with Crippen LogP contribution in [0.1, 0.15) is 40.0 Å². The maximum absolute atomic E-state index is 11.6. The van der Waals surface area contributed by atoms with Gasteiger partial charge in [-0.3, -0.25) is 4.79 Å². The number of nitrogens with one attached hydrogen (secondary N) is 1. The first-order valence-electron chi connectivity index (χ1n) is 5.74. The van der Waals surface area contributed by atoms with E-state index in [-0.39, 0.29) is 5.91 Å². The van der Waals surface area contributed by atoms with Gasteiger partial charge < -0.3 is 10.2 Å². The Morgan fingerprint density at radius 1 is 1.29 bits per heavy atom. The summed E-state index contributed by atoms with van der Waals surface area (Å²) in [5.74, 6) is 0.280. The molecular weight excluding hydrogens is 176 g/mol. The number of unbranched alkanes of at least 4 members (excludes halogenated alkanes) is 1. The van der Waals surface area contributed by atoms with Crippen LogP contribution in [0.15, 0.2) is 0 Å².